The summed E-state index contributed by atoms with van der Waals surface area (Å²) in [4.78, 5) is 15.7. The molecule has 0 aliphatic carbocycles. The molecule has 0 saturated heterocycles. The molecule has 0 spiro atoms. The van der Waals surface area contributed by atoms with Crippen LogP contribution in [-0.2, 0) is 0 Å². The fourth-order valence-corrected chi connectivity index (χ4v) is 1.84. The number of rotatable bonds is 5. The molecule has 1 rings (SSSR count). The van der Waals surface area contributed by atoms with Gasteiger partial charge < -0.3 is 10.4 Å². The van der Waals surface area contributed by atoms with Crippen molar-refractivity contribution in [1.82, 2.24) is 10.3 Å². The maximum atomic E-state index is 11.8. The molecule has 1 aromatic rings. The van der Waals surface area contributed by atoms with Crippen molar-refractivity contribution in [3.8, 4) is 0 Å². The van der Waals surface area contributed by atoms with Crippen molar-refractivity contribution >= 4 is 40.7 Å². The molecule has 1 atom stereocenters. The predicted octanol–water partition coefficient (Wildman–Crippen LogP) is 2.79. The lowest BCUT2D eigenvalue weighted by atomic mass is 10.1. The van der Waals surface area contributed by atoms with Crippen LogP contribution in [0.4, 0.5) is 0 Å². The number of carbonyl (C=O) groups is 1. The van der Waals surface area contributed by atoms with Crippen molar-refractivity contribution in [3.63, 3.8) is 0 Å². The zero-order valence-corrected chi connectivity index (χ0v) is 12.0. The molecular weight excluding hydrogens is 298 g/mol. The minimum Gasteiger partial charge on any atom is -0.396 e. The van der Waals surface area contributed by atoms with E-state index < -0.39 is 5.91 Å². The molecule has 1 aromatic heterocycles. The lowest BCUT2D eigenvalue weighted by Gasteiger charge is -2.11. The standard InChI is InChI=1S/C11H13Cl3N2O2/c1-6(2-3-17)4-16-11(18)10-9(14)8(13)7(12)5-15-10/h5-6,17H,2-4H2,1H3,(H,16,18). The number of aliphatic hydroxyl groups is 1. The maximum absolute atomic E-state index is 11.8. The average Bonchev–Trinajstić information content (AvgIpc) is 2.34. The van der Waals surface area contributed by atoms with Gasteiger partial charge in [-0.2, -0.15) is 0 Å². The Morgan fingerprint density at radius 2 is 2.11 bits per heavy atom. The van der Waals surface area contributed by atoms with Crippen molar-refractivity contribution in [3.05, 3.63) is 27.0 Å². The van der Waals surface area contributed by atoms with Gasteiger partial charge in [-0.15, -0.1) is 0 Å². The minimum atomic E-state index is -0.414. The minimum absolute atomic E-state index is 0.0384. The van der Waals surface area contributed by atoms with E-state index in [1.807, 2.05) is 6.92 Å². The lowest BCUT2D eigenvalue weighted by Crippen LogP contribution is -2.29. The van der Waals surface area contributed by atoms with E-state index in [-0.39, 0.29) is 33.3 Å². The first-order chi connectivity index (χ1) is 8.47. The average molecular weight is 312 g/mol. The molecule has 1 heterocycles. The third-order valence-corrected chi connectivity index (χ3v) is 3.61. The van der Waals surface area contributed by atoms with Crippen molar-refractivity contribution < 1.29 is 9.90 Å². The molecule has 100 valence electrons. The Morgan fingerprint density at radius 1 is 1.44 bits per heavy atom. The van der Waals surface area contributed by atoms with Gasteiger partial charge in [-0.1, -0.05) is 41.7 Å². The zero-order chi connectivity index (χ0) is 13.7. The highest BCUT2D eigenvalue weighted by atomic mass is 35.5. The topological polar surface area (TPSA) is 62.2 Å². The van der Waals surface area contributed by atoms with E-state index in [0.29, 0.717) is 13.0 Å². The van der Waals surface area contributed by atoms with Crippen LogP contribution in [0.15, 0.2) is 6.20 Å². The van der Waals surface area contributed by atoms with E-state index >= 15 is 0 Å². The number of aliphatic hydroxyl groups excluding tert-OH is 1. The number of aromatic nitrogens is 1. The summed E-state index contributed by atoms with van der Waals surface area (Å²) in [7, 11) is 0. The second kappa shape index (κ2) is 7.14. The lowest BCUT2D eigenvalue weighted by molar-refractivity contribution is 0.0940. The summed E-state index contributed by atoms with van der Waals surface area (Å²) < 4.78 is 0. The molecule has 18 heavy (non-hydrogen) atoms. The van der Waals surface area contributed by atoms with E-state index in [4.69, 9.17) is 39.9 Å². The highest BCUT2D eigenvalue weighted by Gasteiger charge is 2.17. The molecule has 0 saturated carbocycles. The normalized spacial score (nSPS) is 12.3. The SMILES string of the molecule is CC(CCO)CNC(=O)c1ncc(Cl)c(Cl)c1Cl. The number of pyridine rings is 1. The number of carbonyl (C=O) groups excluding carboxylic acids is 1. The first-order valence-corrected chi connectivity index (χ1v) is 6.49. The second-order valence-corrected chi connectivity index (χ2v) is 5.07. The molecule has 4 nitrogen and oxygen atoms in total. The first kappa shape index (κ1) is 15.5. The van der Waals surface area contributed by atoms with E-state index in [1.165, 1.54) is 6.20 Å². The third-order valence-electron chi connectivity index (χ3n) is 2.37. The van der Waals surface area contributed by atoms with Crippen molar-refractivity contribution in [2.75, 3.05) is 13.2 Å². The van der Waals surface area contributed by atoms with Crippen LogP contribution in [0.25, 0.3) is 0 Å². The van der Waals surface area contributed by atoms with Crippen LogP contribution in [0.1, 0.15) is 23.8 Å². The number of halogens is 3. The Morgan fingerprint density at radius 3 is 2.72 bits per heavy atom. The Labute approximate surface area is 120 Å². The van der Waals surface area contributed by atoms with Gasteiger partial charge in [-0.25, -0.2) is 4.98 Å². The van der Waals surface area contributed by atoms with Gasteiger partial charge in [0, 0.05) is 19.3 Å². The van der Waals surface area contributed by atoms with Crippen LogP contribution in [0.2, 0.25) is 15.1 Å². The summed E-state index contributed by atoms with van der Waals surface area (Å²) in [5, 5.41) is 11.8. The van der Waals surface area contributed by atoms with Gasteiger partial charge in [0.15, 0.2) is 0 Å². The summed E-state index contributed by atoms with van der Waals surface area (Å²) in [6.07, 6.45) is 1.89. The summed E-state index contributed by atoms with van der Waals surface area (Å²) in [5.74, 6) is -0.246. The van der Waals surface area contributed by atoms with Crippen LogP contribution >= 0.6 is 34.8 Å². The number of hydrogen-bond donors (Lipinski definition) is 2. The Hall–Kier alpha value is -0.550. The molecule has 0 aliphatic rings. The summed E-state index contributed by atoms with van der Waals surface area (Å²) >= 11 is 17.4. The summed E-state index contributed by atoms with van der Waals surface area (Å²) in [5.41, 5.74) is 0.0438. The van der Waals surface area contributed by atoms with Crippen molar-refractivity contribution in [1.29, 1.82) is 0 Å². The van der Waals surface area contributed by atoms with Gasteiger partial charge in [0.05, 0.1) is 15.1 Å². The van der Waals surface area contributed by atoms with E-state index in [2.05, 4.69) is 10.3 Å². The van der Waals surface area contributed by atoms with E-state index in [1.54, 1.807) is 0 Å². The fraction of sp³-hybridized carbons (Fsp3) is 0.455. The Bertz CT molecular complexity index is 441. The summed E-state index contributed by atoms with van der Waals surface area (Å²) in [6.45, 7) is 2.43. The molecular formula is C11H13Cl3N2O2. The number of nitrogens with zero attached hydrogens (tertiary/aromatic N) is 1. The Balaban J connectivity index is 2.71. The Kier molecular flexibility index (Phi) is 6.15. The molecule has 1 amide bonds. The molecule has 0 bridgehead atoms. The van der Waals surface area contributed by atoms with Gasteiger partial charge >= 0.3 is 0 Å². The number of hydrogen-bond acceptors (Lipinski definition) is 3. The molecule has 1 unspecified atom stereocenters. The van der Waals surface area contributed by atoms with Crippen LogP contribution in [0.5, 0.6) is 0 Å². The number of amides is 1. The van der Waals surface area contributed by atoms with Crippen LogP contribution < -0.4 is 5.32 Å². The quantitative estimate of drug-likeness (QED) is 0.879. The van der Waals surface area contributed by atoms with Crippen molar-refractivity contribution in [2.45, 2.75) is 13.3 Å². The second-order valence-electron chi connectivity index (χ2n) is 3.91. The zero-order valence-electron chi connectivity index (χ0n) is 9.71. The summed E-state index contributed by atoms with van der Waals surface area (Å²) in [6, 6.07) is 0. The molecule has 0 aliphatic heterocycles. The van der Waals surface area contributed by atoms with Gasteiger partial charge in [0.1, 0.15) is 5.69 Å². The maximum Gasteiger partial charge on any atom is 0.271 e. The van der Waals surface area contributed by atoms with Crippen molar-refractivity contribution in [2.24, 2.45) is 5.92 Å². The molecule has 0 fully saturated rings. The number of nitrogens with one attached hydrogen (secondary N) is 1. The molecule has 0 aromatic carbocycles. The highest BCUT2D eigenvalue weighted by molar-refractivity contribution is 6.48. The fourth-order valence-electron chi connectivity index (χ4n) is 1.27. The highest BCUT2D eigenvalue weighted by Crippen LogP contribution is 2.30. The van der Waals surface area contributed by atoms with Crippen LogP contribution in [0, 0.1) is 5.92 Å². The van der Waals surface area contributed by atoms with Gasteiger partial charge in [0.25, 0.3) is 5.91 Å². The van der Waals surface area contributed by atoms with Crippen LogP contribution in [0.3, 0.4) is 0 Å². The van der Waals surface area contributed by atoms with Gasteiger partial charge in [0.2, 0.25) is 0 Å². The monoisotopic (exact) mass is 310 g/mol. The molecule has 7 heteroatoms. The largest absolute Gasteiger partial charge is 0.396 e. The van der Waals surface area contributed by atoms with Gasteiger partial charge in [-0.05, 0) is 12.3 Å². The molecule has 0 radical (unpaired) electrons. The van der Waals surface area contributed by atoms with E-state index in [9.17, 15) is 4.79 Å². The first-order valence-electron chi connectivity index (χ1n) is 5.36. The third kappa shape index (κ3) is 3.99. The predicted molar refractivity (Wildman–Crippen MR) is 72.5 cm³/mol. The van der Waals surface area contributed by atoms with Gasteiger partial charge in [-0.3, -0.25) is 4.79 Å². The smallest absolute Gasteiger partial charge is 0.271 e. The molecule has 2 N–H and O–H groups in total. The van der Waals surface area contributed by atoms with Crippen LogP contribution in [-0.4, -0.2) is 29.1 Å². The van der Waals surface area contributed by atoms with E-state index in [0.717, 1.165) is 0 Å².